The number of methoxy groups -OCH3 is 1. The van der Waals surface area contributed by atoms with Crippen molar-refractivity contribution < 1.29 is 23.9 Å². The Morgan fingerprint density at radius 1 is 1.50 bits per heavy atom. The number of urea groups is 1. The summed E-state index contributed by atoms with van der Waals surface area (Å²) in [5.41, 5.74) is 2.11. The van der Waals surface area contributed by atoms with Crippen molar-refractivity contribution >= 4 is 6.03 Å². The van der Waals surface area contributed by atoms with Crippen LogP contribution in [0.15, 0.2) is 6.07 Å². The molecule has 0 radical (unpaired) electrons. The van der Waals surface area contributed by atoms with Gasteiger partial charge in [0.2, 0.25) is 12.5 Å². The molecule has 3 rings (SSSR count). The zero-order chi connectivity index (χ0) is 15.7. The second-order valence-electron chi connectivity index (χ2n) is 5.50. The Morgan fingerprint density at radius 3 is 3.05 bits per heavy atom. The molecule has 7 nitrogen and oxygen atoms in total. The molecule has 1 unspecified atom stereocenters. The minimum atomic E-state index is -0.181. The molecule has 2 aliphatic rings. The highest BCUT2D eigenvalue weighted by molar-refractivity contribution is 5.74. The molecule has 0 saturated heterocycles. The van der Waals surface area contributed by atoms with Gasteiger partial charge in [-0.2, -0.15) is 0 Å². The fourth-order valence-electron chi connectivity index (χ4n) is 3.06. The average Bonchev–Trinajstić information content (AvgIpc) is 2.96. The summed E-state index contributed by atoms with van der Waals surface area (Å²) in [7, 11) is 3.68. The zero-order valence-electron chi connectivity index (χ0n) is 13.1. The first-order valence-electron chi connectivity index (χ1n) is 7.51. The molecule has 0 saturated carbocycles. The molecule has 1 aromatic rings. The van der Waals surface area contributed by atoms with Crippen molar-refractivity contribution in [1.29, 1.82) is 0 Å². The number of nitrogens with one attached hydrogen (secondary N) is 3. The molecule has 0 bridgehead atoms. The number of hydrogen-bond donors (Lipinski definition) is 3. The van der Waals surface area contributed by atoms with Crippen LogP contribution in [0.1, 0.15) is 24.2 Å². The quantitative estimate of drug-likeness (QED) is 0.724. The Bertz CT molecular complexity index is 591. The molecule has 0 fully saturated rings. The molecule has 0 aliphatic carbocycles. The highest BCUT2D eigenvalue weighted by atomic mass is 16.7. The maximum Gasteiger partial charge on any atom is 0.319 e. The summed E-state index contributed by atoms with van der Waals surface area (Å²) in [4.78, 5) is 13.2. The van der Waals surface area contributed by atoms with Gasteiger partial charge < -0.3 is 24.4 Å². The SMILES string of the molecule is CCNC(=O)N[C@H]1c2c(cc3c(c2OC)OCO3)CC[NH+]1C. The molecular weight excluding hydrogens is 286 g/mol. The number of carbonyl (C=O) groups excluding carboxylic acids is 1. The van der Waals surface area contributed by atoms with E-state index in [1.165, 1.54) is 4.90 Å². The first kappa shape index (κ1) is 14.8. The Balaban J connectivity index is 2.02. The van der Waals surface area contributed by atoms with Gasteiger partial charge >= 0.3 is 6.03 Å². The molecular formula is C15H22N3O4+. The molecule has 2 aliphatic heterocycles. The fraction of sp³-hybridized carbons (Fsp3) is 0.533. The molecule has 3 N–H and O–H groups in total. The largest absolute Gasteiger partial charge is 0.492 e. The molecule has 22 heavy (non-hydrogen) atoms. The number of ether oxygens (including phenoxy) is 3. The summed E-state index contributed by atoms with van der Waals surface area (Å²) in [6, 6.07) is 1.82. The maximum absolute atomic E-state index is 12.0. The second kappa shape index (κ2) is 5.92. The Kier molecular flexibility index (Phi) is 3.98. The highest BCUT2D eigenvalue weighted by Gasteiger charge is 2.37. The monoisotopic (exact) mass is 308 g/mol. The number of likely N-dealkylation sites (N-methyl/N-ethyl adjacent to an activating group) is 1. The van der Waals surface area contributed by atoms with Crippen molar-refractivity contribution in [2.45, 2.75) is 19.5 Å². The summed E-state index contributed by atoms with van der Waals surface area (Å²) in [5.74, 6) is 2.00. The lowest BCUT2D eigenvalue weighted by Gasteiger charge is -2.33. The Labute approximate surface area is 129 Å². The van der Waals surface area contributed by atoms with Crippen LogP contribution in [0.3, 0.4) is 0 Å². The van der Waals surface area contributed by atoms with Gasteiger partial charge in [0.05, 0.1) is 26.3 Å². The number of amides is 2. The zero-order valence-corrected chi connectivity index (χ0v) is 13.1. The number of hydrogen-bond acceptors (Lipinski definition) is 4. The molecule has 0 aromatic heterocycles. The van der Waals surface area contributed by atoms with Gasteiger partial charge in [-0.1, -0.05) is 0 Å². The van der Waals surface area contributed by atoms with E-state index < -0.39 is 0 Å². The Morgan fingerprint density at radius 2 is 2.32 bits per heavy atom. The van der Waals surface area contributed by atoms with Gasteiger partial charge in [-0.05, 0) is 18.6 Å². The minimum Gasteiger partial charge on any atom is -0.492 e. The van der Waals surface area contributed by atoms with Crippen LogP contribution in [-0.4, -0.2) is 40.1 Å². The van der Waals surface area contributed by atoms with Gasteiger partial charge in [0.1, 0.15) is 0 Å². The van der Waals surface area contributed by atoms with E-state index in [1.807, 2.05) is 13.0 Å². The van der Waals surface area contributed by atoms with Crippen LogP contribution in [0.25, 0.3) is 0 Å². The van der Waals surface area contributed by atoms with Crippen molar-refractivity contribution in [2.24, 2.45) is 0 Å². The average molecular weight is 308 g/mol. The second-order valence-corrected chi connectivity index (χ2v) is 5.50. The lowest BCUT2D eigenvalue weighted by molar-refractivity contribution is -0.917. The lowest BCUT2D eigenvalue weighted by atomic mass is 9.95. The maximum atomic E-state index is 12.0. The van der Waals surface area contributed by atoms with Gasteiger partial charge in [-0.25, -0.2) is 4.79 Å². The van der Waals surface area contributed by atoms with E-state index >= 15 is 0 Å². The Hall–Kier alpha value is -2.15. The van der Waals surface area contributed by atoms with Crippen LogP contribution in [-0.2, 0) is 6.42 Å². The van der Waals surface area contributed by atoms with E-state index in [0.29, 0.717) is 23.8 Å². The van der Waals surface area contributed by atoms with E-state index in [9.17, 15) is 4.79 Å². The summed E-state index contributed by atoms with van der Waals surface area (Å²) >= 11 is 0. The third-order valence-corrected chi connectivity index (χ3v) is 4.13. The predicted octanol–water partition coefficient (Wildman–Crippen LogP) is -0.188. The number of quaternary nitrogens is 1. The van der Waals surface area contributed by atoms with Gasteiger partial charge in [0.15, 0.2) is 17.7 Å². The van der Waals surface area contributed by atoms with Crippen molar-refractivity contribution in [2.75, 3.05) is 34.0 Å². The van der Waals surface area contributed by atoms with Crippen LogP contribution in [0.4, 0.5) is 4.79 Å². The van der Waals surface area contributed by atoms with Crippen molar-refractivity contribution in [3.05, 3.63) is 17.2 Å². The van der Waals surface area contributed by atoms with Crippen LogP contribution >= 0.6 is 0 Å². The molecule has 1 aromatic carbocycles. The number of rotatable bonds is 3. The first-order valence-corrected chi connectivity index (χ1v) is 7.51. The third-order valence-electron chi connectivity index (χ3n) is 4.13. The summed E-state index contributed by atoms with van der Waals surface area (Å²) in [6.45, 7) is 3.60. The van der Waals surface area contributed by atoms with Crippen molar-refractivity contribution in [3.8, 4) is 17.2 Å². The van der Waals surface area contributed by atoms with Crippen LogP contribution in [0.5, 0.6) is 17.2 Å². The topological polar surface area (TPSA) is 73.3 Å². The van der Waals surface area contributed by atoms with Crippen LogP contribution < -0.4 is 29.7 Å². The van der Waals surface area contributed by atoms with Gasteiger partial charge in [-0.3, -0.25) is 5.32 Å². The molecule has 2 heterocycles. The van der Waals surface area contributed by atoms with Crippen LogP contribution in [0, 0.1) is 0 Å². The van der Waals surface area contributed by atoms with Gasteiger partial charge in [0.25, 0.3) is 0 Å². The highest BCUT2D eigenvalue weighted by Crippen LogP contribution is 2.46. The van der Waals surface area contributed by atoms with E-state index in [0.717, 1.165) is 24.1 Å². The fourth-order valence-corrected chi connectivity index (χ4v) is 3.06. The van der Waals surface area contributed by atoms with E-state index in [-0.39, 0.29) is 19.0 Å². The van der Waals surface area contributed by atoms with Crippen LogP contribution in [0.2, 0.25) is 0 Å². The summed E-state index contributed by atoms with van der Waals surface area (Å²) < 4.78 is 16.6. The number of fused-ring (bicyclic) bond motifs is 2. The molecule has 0 spiro atoms. The normalized spacial score (nSPS) is 22.0. The van der Waals surface area contributed by atoms with E-state index in [1.54, 1.807) is 7.11 Å². The molecule has 2 amide bonds. The van der Waals surface area contributed by atoms with Crippen molar-refractivity contribution in [3.63, 3.8) is 0 Å². The smallest absolute Gasteiger partial charge is 0.319 e. The molecule has 2 atom stereocenters. The molecule has 7 heteroatoms. The van der Waals surface area contributed by atoms with Gasteiger partial charge in [-0.15, -0.1) is 0 Å². The summed E-state index contributed by atoms with van der Waals surface area (Å²) in [5, 5.41) is 5.80. The number of carbonyl (C=O) groups is 1. The standard InChI is InChI=1S/C15H21N3O4/c1-4-16-15(19)17-14-11-9(5-6-18(14)2)7-10-12(13(11)20-3)22-8-21-10/h7,14H,4-6,8H2,1-3H3,(H2,16,17,19)/p+1/t14-/m1/s1. The first-order chi connectivity index (χ1) is 10.7. The van der Waals surface area contributed by atoms with Gasteiger partial charge in [0, 0.05) is 13.0 Å². The van der Waals surface area contributed by atoms with E-state index in [4.69, 9.17) is 14.2 Å². The van der Waals surface area contributed by atoms with E-state index in [2.05, 4.69) is 17.7 Å². The third kappa shape index (κ3) is 2.41. The lowest BCUT2D eigenvalue weighted by Crippen LogP contribution is -3.12. The number of benzene rings is 1. The molecule has 120 valence electrons. The van der Waals surface area contributed by atoms with Crippen molar-refractivity contribution in [1.82, 2.24) is 10.6 Å². The predicted molar refractivity (Wildman–Crippen MR) is 79.5 cm³/mol. The minimum absolute atomic E-state index is 0.181. The summed E-state index contributed by atoms with van der Waals surface area (Å²) in [6.07, 6.45) is 0.724.